The van der Waals surface area contributed by atoms with Crippen molar-refractivity contribution in [1.29, 1.82) is 0 Å². The number of esters is 1. The van der Waals surface area contributed by atoms with E-state index >= 15 is 0 Å². The van der Waals surface area contributed by atoms with Gasteiger partial charge in [0.2, 0.25) is 5.91 Å². The van der Waals surface area contributed by atoms with Crippen LogP contribution in [0.4, 0.5) is 8.78 Å². The first-order valence-corrected chi connectivity index (χ1v) is 8.45. The van der Waals surface area contributed by atoms with Crippen molar-refractivity contribution in [3.63, 3.8) is 0 Å². The van der Waals surface area contributed by atoms with Gasteiger partial charge >= 0.3 is 12.6 Å². The van der Waals surface area contributed by atoms with Crippen LogP contribution in [0.2, 0.25) is 0 Å². The first-order chi connectivity index (χ1) is 13.5. The largest absolute Gasteiger partial charge is 0.465 e. The molecule has 0 saturated heterocycles. The second-order valence-corrected chi connectivity index (χ2v) is 5.94. The summed E-state index contributed by atoms with van der Waals surface area (Å²) >= 11 is 0. The van der Waals surface area contributed by atoms with Gasteiger partial charge in [0.1, 0.15) is 12.3 Å². The molecule has 0 unspecified atom stereocenters. The fourth-order valence-corrected chi connectivity index (χ4v) is 2.92. The third-order valence-electron chi connectivity index (χ3n) is 4.17. The van der Waals surface area contributed by atoms with Crippen LogP contribution in [0.3, 0.4) is 0 Å². The molecule has 0 atom stereocenters. The fourth-order valence-electron chi connectivity index (χ4n) is 2.92. The third-order valence-corrected chi connectivity index (χ3v) is 4.17. The molecule has 146 valence electrons. The van der Waals surface area contributed by atoms with Crippen molar-refractivity contribution in [2.45, 2.75) is 19.7 Å². The number of rotatable bonds is 7. The van der Waals surface area contributed by atoms with Gasteiger partial charge in [0.25, 0.3) is 0 Å². The Balaban J connectivity index is 1.74. The lowest BCUT2D eigenvalue weighted by atomic mass is 10.2. The molecule has 1 amide bonds. The molecule has 8 heteroatoms. The van der Waals surface area contributed by atoms with Gasteiger partial charge in [0.15, 0.2) is 0 Å². The van der Waals surface area contributed by atoms with Crippen molar-refractivity contribution in [3.8, 4) is 5.75 Å². The normalized spacial score (nSPS) is 10.9. The number of aromatic nitrogens is 1. The van der Waals surface area contributed by atoms with E-state index in [1.165, 1.54) is 13.2 Å². The van der Waals surface area contributed by atoms with E-state index in [9.17, 15) is 18.4 Å². The number of amides is 1. The monoisotopic (exact) mass is 388 g/mol. The molecular weight excluding hydrogens is 370 g/mol. The highest BCUT2D eigenvalue weighted by atomic mass is 19.3. The number of nitrogens with zero attached hydrogens (tertiary/aromatic N) is 1. The maximum atomic E-state index is 12.5. The van der Waals surface area contributed by atoms with Gasteiger partial charge in [-0.2, -0.15) is 8.78 Å². The third kappa shape index (κ3) is 4.28. The number of benzene rings is 2. The first-order valence-electron chi connectivity index (χ1n) is 8.45. The average Bonchev–Trinajstić information content (AvgIpc) is 3.05. The Hall–Kier alpha value is -3.42. The van der Waals surface area contributed by atoms with Gasteiger partial charge < -0.3 is 19.4 Å². The summed E-state index contributed by atoms with van der Waals surface area (Å²) in [6, 6.07) is 13.4. The Labute approximate surface area is 159 Å². The number of halogens is 2. The van der Waals surface area contributed by atoms with Gasteiger partial charge in [0.05, 0.1) is 12.7 Å². The first kappa shape index (κ1) is 19.3. The number of carbonyl (C=O) groups excluding carboxylic acids is 2. The van der Waals surface area contributed by atoms with Gasteiger partial charge in [-0.05, 0) is 12.1 Å². The lowest BCUT2D eigenvalue weighted by molar-refractivity contribution is -0.121. The maximum absolute atomic E-state index is 12.5. The molecule has 0 aliphatic carbocycles. The van der Waals surface area contributed by atoms with Crippen LogP contribution >= 0.6 is 0 Å². The highest BCUT2D eigenvalue weighted by molar-refractivity contribution is 6.04. The van der Waals surface area contributed by atoms with Crippen molar-refractivity contribution in [3.05, 3.63) is 65.9 Å². The topological polar surface area (TPSA) is 69.6 Å². The molecule has 0 saturated carbocycles. The number of para-hydroxylation sites is 2. The molecule has 6 nitrogen and oxygen atoms in total. The van der Waals surface area contributed by atoms with Crippen LogP contribution in [0.15, 0.2) is 54.7 Å². The molecule has 28 heavy (non-hydrogen) atoms. The molecule has 0 radical (unpaired) electrons. The Morgan fingerprint density at radius 3 is 2.57 bits per heavy atom. The maximum Gasteiger partial charge on any atom is 0.387 e. The number of hydrogen-bond donors (Lipinski definition) is 1. The van der Waals surface area contributed by atoms with E-state index in [4.69, 9.17) is 4.74 Å². The van der Waals surface area contributed by atoms with Crippen LogP contribution in [-0.4, -0.2) is 30.2 Å². The molecule has 0 bridgehead atoms. The summed E-state index contributed by atoms with van der Waals surface area (Å²) in [4.78, 5) is 24.3. The van der Waals surface area contributed by atoms with Crippen LogP contribution in [0, 0.1) is 0 Å². The summed E-state index contributed by atoms with van der Waals surface area (Å²) in [7, 11) is 1.29. The van der Waals surface area contributed by atoms with Crippen molar-refractivity contribution in [2.75, 3.05) is 7.11 Å². The number of ether oxygens (including phenoxy) is 2. The van der Waals surface area contributed by atoms with Gasteiger partial charge in [-0.15, -0.1) is 0 Å². The van der Waals surface area contributed by atoms with E-state index in [1.54, 1.807) is 53.2 Å². The predicted octanol–water partition coefficient (Wildman–Crippen LogP) is 3.35. The van der Waals surface area contributed by atoms with Gasteiger partial charge in [0, 0.05) is 29.2 Å². The number of fused-ring (bicyclic) bond motifs is 1. The molecule has 0 aliphatic rings. The lowest BCUT2D eigenvalue weighted by Crippen LogP contribution is -2.27. The Morgan fingerprint density at radius 1 is 1.11 bits per heavy atom. The predicted molar refractivity (Wildman–Crippen MR) is 98.2 cm³/mol. The SMILES string of the molecule is COC(=O)c1cn(CC(=O)NCc2ccccc2OC(F)F)c2ccccc12. The van der Waals surface area contributed by atoms with E-state index in [0.717, 1.165) is 0 Å². The van der Waals surface area contributed by atoms with E-state index in [1.807, 2.05) is 0 Å². The Bertz CT molecular complexity index is 1000. The quantitative estimate of drug-likeness (QED) is 0.631. The van der Waals surface area contributed by atoms with Crippen molar-refractivity contribution >= 4 is 22.8 Å². The Kier molecular flexibility index (Phi) is 5.88. The van der Waals surface area contributed by atoms with Gasteiger partial charge in [-0.1, -0.05) is 36.4 Å². The summed E-state index contributed by atoms with van der Waals surface area (Å²) < 4.78 is 35.8. The smallest absolute Gasteiger partial charge is 0.387 e. The standard InChI is InChI=1S/C20H18F2N2O4/c1-27-19(26)15-11-24(16-8-4-3-7-14(15)16)12-18(25)23-10-13-6-2-5-9-17(13)28-20(21)22/h2-9,11,20H,10,12H2,1H3,(H,23,25). The summed E-state index contributed by atoms with van der Waals surface area (Å²) in [5, 5.41) is 3.36. The molecule has 1 heterocycles. The van der Waals surface area contributed by atoms with Gasteiger partial charge in [-0.25, -0.2) is 4.79 Å². The number of methoxy groups -OCH3 is 1. The molecule has 2 aromatic carbocycles. The molecule has 0 spiro atoms. The molecule has 3 aromatic rings. The minimum atomic E-state index is -2.94. The highest BCUT2D eigenvalue weighted by Crippen LogP contribution is 2.22. The van der Waals surface area contributed by atoms with Crippen LogP contribution in [0.5, 0.6) is 5.75 Å². The van der Waals surface area contributed by atoms with Crippen LogP contribution < -0.4 is 10.1 Å². The molecule has 0 fully saturated rings. The van der Waals surface area contributed by atoms with Gasteiger partial charge in [-0.3, -0.25) is 4.79 Å². The molecule has 1 aromatic heterocycles. The number of hydrogen-bond acceptors (Lipinski definition) is 4. The van der Waals surface area contributed by atoms with Crippen molar-refractivity contribution < 1.29 is 27.8 Å². The van der Waals surface area contributed by atoms with Crippen LogP contribution in [0.1, 0.15) is 15.9 Å². The Morgan fingerprint density at radius 2 is 1.82 bits per heavy atom. The summed E-state index contributed by atoms with van der Waals surface area (Å²) in [6.45, 7) is -2.96. The van der Waals surface area contributed by atoms with Crippen molar-refractivity contribution in [1.82, 2.24) is 9.88 Å². The van der Waals surface area contributed by atoms with E-state index in [-0.39, 0.29) is 24.7 Å². The molecule has 0 aliphatic heterocycles. The zero-order valence-electron chi connectivity index (χ0n) is 15.0. The minimum Gasteiger partial charge on any atom is -0.465 e. The van der Waals surface area contributed by atoms with Crippen LogP contribution in [0.25, 0.3) is 10.9 Å². The summed E-state index contributed by atoms with van der Waals surface area (Å²) in [6.07, 6.45) is 1.56. The zero-order chi connectivity index (χ0) is 20.1. The molecular formula is C20H18F2N2O4. The zero-order valence-corrected chi connectivity index (χ0v) is 15.0. The average molecular weight is 388 g/mol. The number of nitrogens with one attached hydrogen (secondary N) is 1. The number of alkyl halides is 2. The van der Waals surface area contributed by atoms with Crippen LogP contribution in [-0.2, 0) is 22.6 Å². The minimum absolute atomic E-state index is 0.0113. The molecule has 3 rings (SSSR count). The van der Waals surface area contributed by atoms with Crippen molar-refractivity contribution in [2.24, 2.45) is 0 Å². The second-order valence-electron chi connectivity index (χ2n) is 5.94. The highest BCUT2D eigenvalue weighted by Gasteiger charge is 2.17. The number of carbonyl (C=O) groups is 2. The summed E-state index contributed by atoms with van der Waals surface area (Å²) in [5.41, 5.74) is 1.50. The second kappa shape index (κ2) is 8.51. The summed E-state index contributed by atoms with van der Waals surface area (Å²) in [5.74, 6) is -0.824. The van der Waals surface area contributed by atoms with E-state index in [2.05, 4.69) is 10.1 Å². The van der Waals surface area contributed by atoms with E-state index in [0.29, 0.717) is 22.0 Å². The molecule has 1 N–H and O–H groups in total. The van der Waals surface area contributed by atoms with E-state index < -0.39 is 12.6 Å². The fraction of sp³-hybridized carbons (Fsp3) is 0.200. The lowest BCUT2D eigenvalue weighted by Gasteiger charge is -2.12.